The van der Waals surface area contributed by atoms with Crippen LogP contribution in [0.5, 0.6) is 0 Å². The molecule has 0 N–H and O–H groups in total. The van der Waals surface area contributed by atoms with E-state index in [2.05, 4.69) is 44.2 Å². The molecule has 2 heteroatoms. The van der Waals surface area contributed by atoms with Crippen LogP contribution in [0.25, 0.3) is 0 Å². The van der Waals surface area contributed by atoms with Gasteiger partial charge in [-0.05, 0) is 37.7 Å². The van der Waals surface area contributed by atoms with E-state index in [-0.39, 0.29) is 11.9 Å². The lowest BCUT2D eigenvalue weighted by Crippen LogP contribution is -2.18. The molecule has 0 aliphatic heterocycles. The number of carbonyl (C=O) groups is 1. The Hall–Kier alpha value is -1.31. The first-order chi connectivity index (χ1) is 16.8. The lowest BCUT2D eigenvalue weighted by Gasteiger charge is -2.16. The Morgan fingerprint density at radius 3 is 1.59 bits per heavy atom. The fourth-order valence-electron chi connectivity index (χ4n) is 4.80. The minimum atomic E-state index is 0.0746. The van der Waals surface area contributed by atoms with Crippen LogP contribution in [0, 0.1) is 5.92 Å². The van der Waals surface area contributed by atoms with E-state index >= 15 is 0 Å². The highest BCUT2D eigenvalue weighted by Gasteiger charge is 2.19. The van der Waals surface area contributed by atoms with E-state index in [1.54, 1.807) is 0 Å². The molecular weight excluding hydrogens is 416 g/mol. The molecular formula is C32H56O2. The van der Waals surface area contributed by atoms with E-state index in [1.165, 1.54) is 108 Å². The summed E-state index contributed by atoms with van der Waals surface area (Å²) >= 11 is 0. The summed E-state index contributed by atoms with van der Waals surface area (Å²) in [6.45, 7) is 5.13. The number of hydrogen-bond donors (Lipinski definition) is 0. The van der Waals surface area contributed by atoms with Gasteiger partial charge in [0.05, 0.1) is 12.5 Å². The molecule has 2 nitrogen and oxygen atoms in total. The Morgan fingerprint density at radius 2 is 1.09 bits per heavy atom. The smallest absolute Gasteiger partial charge is 0.308 e. The standard InChI is InChI=1S/C32H56O2/c1-3-5-7-9-11-13-15-20-27-31(28-21-16-14-12-10-8-6-4-2)32(33)34-29-23-22-26-30-24-18-17-19-25-30/h17-19,24-25,31H,3-16,20-23,26-29H2,1-2H3. The van der Waals surface area contributed by atoms with E-state index in [0.717, 1.165) is 32.1 Å². The van der Waals surface area contributed by atoms with Gasteiger partial charge in [0.15, 0.2) is 0 Å². The molecule has 0 saturated heterocycles. The number of aryl methyl sites for hydroxylation is 1. The highest BCUT2D eigenvalue weighted by molar-refractivity contribution is 5.72. The molecule has 0 heterocycles. The second-order valence-electron chi connectivity index (χ2n) is 10.3. The minimum absolute atomic E-state index is 0.0746. The number of hydrogen-bond acceptors (Lipinski definition) is 2. The van der Waals surface area contributed by atoms with Crippen molar-refractivity contribution in [3.05, 3.63) is 35.9 Å². The first-order valence-corrected chi connectivity index (χ1v) is 15.0. The van der Waals surface area contributed by atoms with E-state index in [1.807, 2.05) is 0 Å². The Morgan fingerprint density at radius 1 is 0.618 bits per heavy atom. The average molecular weight is 473 g/mol. The zero-order chi connectivity index (χ0) is 24.5. The largest absolute Gasteiger partial charge is 0.465 e. The molecule has 0 bridgehead atoms. The Labute approximate surface area is 212 Å². The summed E-state index contributed by atoms with van der Waals surface area (Å²) in [6, 6.07) is 10.6. The number of unbranched alkanes of at least 4 members (excludes halogenated alkanes) is 15. The number of benzene rings is 1. The van der Waals surface area contributed by atoms with Gasteiger partial charge in [0.25, 0.3) is 0 Å². The molecule has 1 rings (SSSR count). The van der Waals surface area contributed by atoms with Crippen molar-refractivity contribution in [1.82, 2.24) is 0 Å². The average Bonchev–Trinajstić information content (AvgIpc) is 2.86. The monoisotopic (exact) mass is 472 g/mol. The Bertz CT molecular complexity index is 533. The van der Waals surface area contributed by atoms with Crippen molar-refractivity contribution in [2.24, 2.45) is 5.92 Å². The molecule has 34 heavy (non-hydrogen) atoms. The Kier molecular flexibility index (Phi) is 21.2. The topological polar surface area (TPSA) is 26.3 Å². The van der Waals surface area contributed by atoms with Gasteiger partial charge >= 0.3 is 5.97 Å². The SMILES string of the molecule is CCCCCCCCCCC(CCCCCCCCCC)C(=O)OCCCCc1ccccc1. The summed E-state index contributed by atoms with van der Waals surface area (Å²) in [5, 5.41) is 0. The van der Waals surface area contributed by atoms with Crippen LogP contribution in [-0.2, 0) is 16.0 Å². The van der Waals surface area contributed by atoms with Gasteiger partial charge in [-0.25, -0.2) is 0 Å². The van der Waals surface area contributed by atoms with Crippen LogP contribution in [0.15, 0.2) is 30.3 Å². The van der Waals surface area contributed by atoms with Crippen molar-refractivity contribution in [2.75, 3.05) is 6.61 Å². The fraction of sp³-hybridized carbons (Fsp3) is 0.781. The predicted octanol–water partition coefficient (Wildman–Crippen LogP) is 10.2. The predicted molar refractivity (Wildman–Crippen MR) is 148 cm³/mol. The molecule has 0 atom stereocenters. The van der Waals surface area contributed by atoms with Crippen molar-refractivity contribution in [2.45, 2.75) is 149 Å². The zero-order valence-corrected chi connectivity index (χ0v) is 22.8. The number of rotatable bonds is 24. The minimum Gasteiger partial charge on any atom is -0.465 e. The first kappa shape index (κ1) is 30.7. The van der Waals surface area contributed by atoms with Crippen LogP contribution < -0.4 is 0 Å². The quantitative estimate of drug-likeness (QED) is 0.110. The van der Waals surface area contributed by atoms with Crippen LogP contribution in [0.3, 0.4) is 0 Å². The first-order valence-electron chi connectivity index (χ1n) is 15.0. The summed E-state index contributed by atoms with van der Waals surface area (Å²) < 4.78 is 5.75. The van der Waals surface area contributed by atoms with Crippen LogP contribution in [0.2, 0.25) is 0 Å². The molecule has 0 aliphatic carbocycles. The third kappa shape index (κ3) is 18.1. The normalized spacial score (nSPS) is 11.3. The number of carbonyl (C=O) groups excluding carboxylic acids is 1. The summed E-state index contributed by atoms with van der Waals surface area (Å²) in [5.41, 5.74) is 1.37. The number of esters is 1. The van der Waals surface area contributed by atoms with Crippen molar-refractivity contribution >= 4 is 5.97 Å². The lowest BCUT2D eigenvalue weighted by atomic mass is 9.94. The molecule has 0 amide bonds. The maximum atomic E-state index is 12.8. The third-order valence-electron chi connectivity index (χ3n) is 7.09. The maximum absolute atomic E-state index is 12.8. The van der Waals surface area contributed by atoms with Gasteiger partial charge in [0.1, 0.15) is 0 Å². The summed E-state index contributed by atoms with van der Waals surface area (Å²) in [6.07, 6.45) is 26.3. The second kappa shape index (κ2) is 23.4. The van der Waals surface area contributed by atoms with E-state index < -0.39 is 0 Å². The van der Waals surface area contributed by atoms with Gasteiger partial charge in [0, 0.05) is 0 Å². The second-order valence-corrected chi connectivity index (χ2v) is 10.3. The van der Waals surface area contributed by atoms with Gasteiger partial charge in [-0.3, -0.25) is 4.79 Å². The molecule has 0 aromatic heterocycles. The van der Waals surface area contributed by atoms with Crippen molar-refractivity contribution in [1.29, 1.82) is 0 Å². The Balaban J connectivity index is 2.23. The highest BCUT2D eigenvalue weighted by atomic mass is 16.5. The summed E-state index contributed by atoms with van der Waals surface area (Å²) in [7, 11) is 0. The van der Waals surface area contributed by atoms with Crippen molar-refractivity contribution < 1.29 is 9.53 Å². The third-order valence-corrected chi connectivity index (χ3v) is 7.09. The van der Waals surface area contributed by atoms with Gasteiger partial charge in [-0.15, -0.1) is 0 Å². The van der Waals surface area contributed by atoms with Crippen molar-refractivity contribution in [3.63, 3.8) is 0 Å². The van der Waals surface area contributed by atoms with Gasteiger partial charge in [-0.2, -0.15) is 0 Å². The molecule has 1 aromatic rings. The molecule has 1 aromatic carbocycles. The maximum Gasteiger partial charge on any atom is 0.308 e. The van der Waals surface area contributed by atoms with Crippen LogP contribution in [0.4, 0.5) is 0 Å². The van der Waals surface area contributed by atoms with Gasteiger partial charge in [-0.1, -0.05) is 147 Å². The molecule has 0 aliphatic rings. The molecule has 0 unspecified atom stereocenters. The summed E-state index contributed by atoms with van der Waals surface area (Å²) in [4.78, 5) is 12.8. The van der Waals surface area contributed by atoms with Gasteiger partial charge < -0.3 is 4.74 Å². The van der Waals surface area contributed by atoms with Crippen LogP contribution >= 0.6 is 0 Å². The van der Waals surface area contributed by atoms with E-state index in [4.69, 9.17) is 4.74 Å². The van der Waals surface area contributed by atoms with E-state index in [9.17, 15) is 4.79 Å². The number of ether oxygens (including phenoxy) is 1. The highest BCUT2D eigenvalue weighted by Crippen LogP contribution is 2.21. The zero-order valence-electron chi connectivity index (χ0n) is 22.8. The molecule has 0 saturated carbocycles. The van der Waals surface area contributed by atoms with Crippen molar-refractivity contribution in [3.8, 4) is 0 Å². The molecule has 0 radical (unpaired) electrons. The van der Waals surface area contributed by atoms with E-state index in [0.29, 0.717) is 6.61 Å². The lowest BCUT2D eigenvalue weighted by molar-refractivity contribution is -0.149. The molecule has 196 valence electrons. The molecule has 0 spiro atoms. The van der Waals surface area contributed by atoms with Gasteiger partial charge in [0.2, 0.25) is 0 Å². The fourth-order valence-corrected chi connectivity index (χ4v) is 4.80. The van der Waals surface area contributed by atoms with Crippen LogP contribution in [0.1, 0.15) is 148 Å². The summed E-state index contributed by atoms with van der Waals surface area (Å²) in [5.74, 6) is 0.194. The van der Waals surface area contributed by atoms with Crippen LogP contribution in [-0.4, -0.2) is 12.6 Å². The molecule has 0 fully saturated rings.